The first kappa shape index (κ1) is 18.5. The van der Waals surface area contributed by atoms with Crippen LogP contribution in [0.5, 0.6) is 0 Å². The lowest BCUT2D eigenvalue weighted by molar-refractivity contribution is -0.122. The van der Waals surface area contributed by atoms with Crippen molar-refractivity contribution in [3.05, 3.63) is 35.4 Å². The molecule has 5 nitrogen and oxygen atoms in total. The molecule has 1 aliphatic heterocycles. The molecule has 0 aliphatic carbocycles. The average Bonchev–Trinajstić information content (AvgIpc) is 2.60. The molecule has 1 saturated heterocycles. The predicted molar refractivity (Wildman–Crippen MR) is 96.0 cm³/mol. The van der Waals surface area contributed by atoms with Crippen molar-refractivity contribution in [2.45, 2.75) is 27.2 Å². The van der Waals surface area contributed by atoms with Gasteiger partial charge in [0.1, 0.15) is 0 Å². The standard InChI is InChI=1S/C19H29N3O2/c1-4-16-5-7-17(8-6-16)19(24)22-11-9-21(10-12-22)14-18(23)20-13-15(2)3/h5-8,15H,4,9-14H2,1-3H3,(H,20,23). The number of carbonyl (C=O) groups is 2. The first-order chi connectivity index (χ1) is 11.5. The number of hydrogen-bond acceptors (Lipinski definition) is 3. The highest BCUT2D eigenvalue weighted by Gasteiger charge is 2.23. The van der Waals surface area contributed by atoms with Crippen LogP contribution in [0.2, 0.25) is 0 Å². The van der Waals surface area contributed by atoms with E-state index >= 15 is 0 Å². The molecule has 1 aromatic rings. The summed E-state index contributed by atoms with van der Waals surface area (Å²) in [5.41, 5.74) is 1.99. The van der Waals surface area contributed by atoms with Gasteiger partial charge >= 0.3 is 0 Å². The van der Waals surface area contributed by atoms with Gasteiger partial charge < -0.3 is 10.2 Å². The second kappa shape index (κ2) is 8.83. The van der Waals surface area contributed by atoms with Crippen molar-refractivity contribution >= 4 is 11.8 Å². The molecule has 1 N–H and O–H groups in total. The number of aryl methyl sites for hydroxylation is 1. The van der Waals surface area contributed by atoms with E-state index in [1.54, 1.807) is 0 Å². The largest absolute Gasteiger partial charge is 0.355 e. The van der Waals surface area contributed by atoms with E-state index in [1.165, 1.54) is 5.56 Å². The van der Waals surface area contributed by atoms with Crippen LogP contribution < -0.4 is 5.32 Å². The SMILES string of the molecule is CCc1ccc(C(=O)N2CCN(CC(=O)NCC(C)C)CC2)cc1. The number of hydrogen-bond donors (Lipinski definition) is 1. The topological polar surface area (TPSA) is 52.7 Å². The van der Waals surface area contributed by atoms with Crippen molar-refractivity contribution in [2.75, 3.05) is 39.3 Å². The quantitative estimate of drug-likeness (QED) is 0.864. The van der Waals surface area contributed by atoms with Gasteiger partial charge in [0, 0.05) is 38.3 Å². The molecule has 0 saturated carbocycles. The van der Waals surface area contributed by atoms with Gasteiger partial charge in [0.15, 0.2) is 0 Å². The normalized spacial score (nSPS) is 15.6. The summed E-state index contributed by atoms with van der Waals surface area (Å²) in [5, 5.41) is 2.94. The van der Waals surface area contributed by atoms with Crippen LogP contribution in [0.3, 0.4) is 0 Å². The van der Waals surface area contributed by atoms with Gasteiger partial charge in [-0.1, -0.05) is 32.9 Å². The van der Waals surface area contributed by atoms with E-state index in [0.29, 0.717) is 32.1 Å². The van der Waals surface area contributed by atoms with Crippen LogP contribution in [0.1, 0.15) is 36.7 Å². The molecule has 1 fully saturated rings. The van der Waals surface area contributed by atoms with Crippen molar-refractivity contribution in [3.63, 3.8) is 0 Å². The second-order valence-corrected chi connectivity index (χ2v) is 6.82. The number of benzene rings is 1. The Morgan fingerprint density at radius 3 is 2.25 bits per heavy atom. The number of nitrogens with zero attached hydrogens (tertiary/aromatic N) is 2. The lowest BCUT2D eigenvalue weighted by atomic mass is 10.1. The molecule has 2 amide bonds. The smallest absolute Gasteiger partial charge is 0.253 e. The summed E-state index contributed by atoms with van der Waals surface area (Å²) in [6, 6.07) is 7.85. The van der Waals surface area contributed by atoms with Gasteiger partial charge in [-0.15, -0.1) is 0 Å². The van der Waals surface area contributed by atoms with E-state index in [0.717, 1.165) is 25.1 Å². The summed E-state index contributed by atoms with van der Waals surface area (Å²) in [5.74, 6) is 0.614. The first-order valence-electron chi connectivity index (χ1n) is 8.87. The monoisotopic (exact) mass is 331 g/mol. The number of carbonyl (C=O) groups excluding carboxylic acids is 2. The van der Waals surface area contributed by atoms with Gasteiger partial charge in [0.25, 0.3) is 5.91 Å². The number of rotatable bonds is 6. The van der Waals surface area contributed by atoms with Crippen LogP contribution in [0, 0.1) is 5.92 Å². The molecule has 1 aliphatic rings. The third-order valence-electron chi connectivity index (χ3n) is 4.34. The molecule has 132 valence electrons. The molecule has 0 spiro atoms. The Morgan fingerprint density at radius 1 is 1.08 bits per heavy atom. The summed E-state index contributed by atoms with van der Waals surface area (Å²) in [7, 11) is 0. The van der Waals surface area contributed by atoms with E-state index in [2.05, 4.69) is 31.0 Å². The van der Waals surface area contributed by atoms with Gasteiger partial charge in [0.05, 0.1) is 6.54 Å². The Kier molecular flexibility index (Phi) is 6.79. The summed E-state index contributed by atoms with van der Waals surface area (Å²) in [6.45, 7) is 10.2. The summed E-state index contributed by atoms with van der Waals surface area (Å²) in [6.07, 6.45) is 0.978. The minimum Gasteiger partial charge on any atom is -0.355 e. The first-order valence-corrected chi connectivity index (χ1v) is 8.87. The van der Waals surface area contributed by atoms with Gasteiger partial charge in [0.2, 0.25) is 5.91 Å². The Bertz CT molecular complexity index is 546. The van der Waals surface area contributed by atoms with Gasteiger partial charge in [-0.05, 0) is 30.0 Å². The molecule has 1 heterocycles. The van der Waals surface area contributed by atoms with E-state index in [4.69, 9.17) is 0 Å². The van der Waals surface area contributed by atoms with Crippen molar-refractivity contribution in [1.82, 2.24) is 15.1 Å². The van der Waals surface area contributed by atoms with Crippen LogP contribution in [0.25, 0.3) is 0 Å². The van der Waals surface area contributed by atoms with E-state index in [1.807, 2.05) is 29.2 Å². The Morgan fingerprint density at radius 2 is 1.71 bits per heavy atom. The van der Waals surface area contributed by atoms with Crippen molar-refractivity contribution in [1.29, 1.82) is 0 Å². The predicted octanol–water partition coefficient (Wildman–Crippen LogP) is 1.78. The fourth-order valence-electron chi connectivity index (χ4n) is 2.75. The van der Waals surface area contributed by atoms with Gasteiger partial charge in [-0.2, -0.15) is 0 Å². The average molecular weight is 331 g/mol. The molecule has 0 atom stereocenters. The molecule has 2 rings (SSSR count). The lowest BCUT2D eigenvalue weighted by Gasteiger charge is -2.34. The summed E-state index contributed by atoms with van der Waals surface area (Å²) >= 11 is 0. The number of amides is 2. The maximum atomic E-state index is 12.5. The van der Waals surface area contributed by atoms with Gasteiger partial charge in [-0.25, -0.2) is 0 Å². The van der Waals surface area contributed by atoms with Crippen LogP contribution in [0.4, 0.5) is 0 Å². The molecule has 0 aromatic heterocycles. The zero-order chi connectivity index (χ0) is 17.5. The van der Waals surface area contributed by atoms with Crippen LogP contribution >= 0.6 is 0 Å². The Balaban J connectivity index is 1.79. The zero-order valence-corrected chi connectivity index (χ0v) is 15.0. The molecular formula is C19H29N3O2. The third-order valence-corrected chi connectivity index (χ3v) is 4.34. The minimum absolute atomic E-state index is 0.0682. The second-order valence-electron chi connectivity index (χ2n) is 6.82. The molecular weight excluding hydrogens is 302 g/mol. The van der Waals surface area contributed by atoms with E-state index < -0.39 is 0 Å². The highest BCUT2D eigenvalue weighted by molar-refractivity contribution is 5.94. The maximum Gasteiger partial charge on any atom is 0.253 e. The molecule has 24 heavy (non-hydrogen) atoms. The van der Waals surface area contributed by atoms with E-state index in [9.17, 15) is 9.59 Å². The Labute approximate surface area is 145 Å². The van der Waals surface area contributed by atoms with Crippen LogP contribution in [-0.2, 0) is 11.2 Å². The fraction of sp³-hybridized carbons (Fsp3) is 0.579. The lowest BCUT2D eigenvalue weighted by Crippen LogP contribution is -2.51. The third kappa shape index (κ3) is 5.34. The van der Waals surface area contributed by atoms with Gasteiger partial charge in [-0.3, -0.25) is 14.5 Å². The van der Waals surface area contributed by atoms with Crippen molar-refractivity contribution < 1.29 is 9.59 Å². The Hall–Kier alpha value is -1.88. The fourth-order valence-corrected chi connectivity index (χ4v) is 2.75. The number of nitrogens with one attached hydrogen (secondary N) is 1. The van der Waals surface area contributed by atoms with Crippen LogP contribution in [-0.4, -0.2) is 60.9 Å². The minimum atomic E-state index is 0.0682. The molecule has 5 heteroatoms. The molecule has 1 aromatic carbocycles. The highest BCUT2D eigenvalue weighted by atomic mass is 16.2. The van der Waals surface area contributed by atoms with E-state index in [-0.39, 0.29) is 11.8 Å². The van der Waals surface area contributed by atoms with Crippen LogP contribution in [0.15, 0.2) is 24.3 Å². The van der Waals surface area contributed by atoms with Crippen molar-refractivity contribution in [3.8, 4) is 0 Å². The highest BCUT2D eigenvalue weighted by Crippen LogP contribution is 2.11. The summed E-state index contributed by atoms with van der Waals surface area (Å²) < 4.78 is 0. The molecule has 0 radical (unpaired) electrons. The maximum absolute atomic E-state index is 12.5. The zero-order valence-electron chi connectivity index (χ0n) is 15.0. The van der Waals surface area contributed by atoms with Crippen molar-refractivity contribution in [2.24, 2.45) is 5.92 Å². The summed E-state index contributed by atoms with van der Waals surface area (Å²) in [4.78, 5) is 28.4. The molecule has 0 unspecified atom stereocenters. The number of piperazine rings is 1. The molecule has 0 bridgehead atoms.